The number of nitrogens with two attached hydrogens (primary N) is 1. The number of fused-ring (bicyclic) bond motifs is 1. The first-order valence-corrected chi connectivity index (χ1v) is 14.2. The van der Waals surface area contributed by atoms with E-state index in [1.165, 1.54) is 12.1 Å². The van der Waals surface area contributed by atoms with Gasteiger partial charge in [-0.2, -0.15) is 13.2 Å². The first kappa shape index (κ1) is 29.0. The number of amides is 1. The number of piperidine rings is 1. The number of hydrogen-bond acceptors (Lipinski definition) is 6. The summed E-state index contributed by atoms with van der Waals surface area (Å²) in [4.78, 5) is 20.1. The predicted molar refractivity (Wildman–Crippen MR) is 163 cm³/mol. The Labute approximate surface area is 248 Å². The smallest absolute Gasteiger partial charge is 0.391 e. The number of rotatable bonds is 6. The Hall–Kier alpha value is -3.52. The van der Waals surface area contributed by atoms with Crippen LogP contribution in [0.2, 0.25) is 0 Å². The van der Waals surface area contributed by atoms with Gasteiger partial charge in [-0.15, -0.1) is 0 Å². The minimum absolute atomic E-state index is 0.0477. The third-order valence-corrected chi connectivity index (χ3v) is 8.79. The highest BCUT2D eigenvalue weighted by atomic mass is 127. The molecule has 3 aromatic carbocycles. The average Bonchev–Trinajstić information content (AvgIpc) is 3.25. The highest BCUT2D eigenvalue weighted by Gasteiger charge is 2.41. The lowest BCUT2D eigenvalue weighted by atomic mass is 9.95. The molecule has 41 heavy (non-hydrogen) atoms. The molecule has 1 aliphatic rings. The number of carbonyl (C=O) groups excluding carboxylic acids is 1. The van der Waals surface area contributed by atoms with Gasteiger partial charge in [0.25, 0.3) is 5.91 Å². The number of benzene rings is 3. The molecular weight excluding hydrogens is 648 g/mol. The zero-order chi connectivity index (χ0) is 29.5. The topological polar surface area (TPSA) is 108 Å². The summed E-state index contributed by atoms with van der Waals surface area (Å²) in [6, 6.07) is 13.5. The molecule has 0 saturated carbocycles. The van der Waals surface area contributed by atoms with Crippen molar-refractivity contribution in [1.82, 2.24) is 9.55 Å². The molecule has 1 aliphatic heterocycles. The maximum Gasteiger partial charge on any atom is 0.391 e. The second-order valence-corrected chi connectivity index (χ2v) is 11.3. The van der Waals surface area contributed by atoms with Crippen LogP contribution in [0.25, 0.3) is 11.0 Å². The zero-order valence-electron chi connectivity index (χ0n) is 22.5. The van der Waals surface area contributed by atoms with Crippen LogP contribution in [0.5, 0.6) is 5.75 Å². The van der Waals surface area contributed by atoms with Crippen LogP contribution in [0, 0.1) is 16.4 Å². The summed E-state index contributed by atoms with van der Waals surface area (Å²) in [5, 5.41) is 15.8. The van der Waals surface area contributed by atoms with E-state index in [0.29, 0.717) is 34.9 Å². The summed E-state index contributed by atoms with van der Waals surface area (Å²) in [5.41, 5.74) is 11.4. The maximum atomic E-state index is 13.5. The molecule has 0 atom stereocenters. The van der Waals surface area contributed by atoms with Gasteiger partial charge in [0.2, 0.25) is 5.95 Å². The number of carbonyl (C=O) groups is 1. The van der Waals surface area contributed by atoms with Crippen molar-refractivity contribution < 1.29 is 23.1 Å². The van der Waals surface area contributed by atoms with Crippen molar-refractivity contribution in [3.63, 3.8) is 0 Å². The molecule has 5 rings (SSSR count). The van der Waals surface area contributed by atoms with Gasteiger partial charge < -0.3 is 30.9 Å². The summed E-state index contributed by atoms with van der Waals surface area (Å²) in [6.07, 6.45) is -4.34. The van der Waals surface area contributed by atoms with E-state index in [-0.39, 0.29) is 31.7 Å². The van der Waals surface area contributed by atoms with Gasteiger partial charge in [-0.3, -0.25) is 4.79 Å². The van der Waals surface area contributed by atoms with Gasteiger partial charge in [0.15, 0.2) is 0 Å². The molecule has 0 unspecified atom stereocenters. The minimum Gasteiger partial charge on any atom is -0.508 e. The van der Waals surface area contributed by atoms with Crippen molar-refractivity contribution in [2.45, 2.75) is 32.5 Å². The van der Waals surface area contributed by atoms with E-state index in [4.69, 9.17) is 10.7 Å². The fraction of sp³-hybridized carbons (Fsp3) is 0.310. The number of imidazole rings is 1. The summed E-state index contributed by atoms with van der Waals surface area (Å²) >= 11 is 2.26. The van der Waals surface area contributed by atoms with Crippen LogP contribution in [-0.2, 0) is 13.6 Å². The van der Waals surface area contributed by atoms with Gasteiger partial charge in [0.05, 0.1) is 33.9 Å². The molecule has 1 aromatic heterocycles. The lowest BCUT2D eigenvalue weighted by Gasteiger charge is -2.35. The van der Waals surface area contributed by atoms with Crippen molar-refractivity contribution in [3.05, 3.63) is 68.8 Å². The molecule has 0 radical (unpaired) electrons. The Bertz CT molecular complexity index is 1600. The number of nitrogens with one attached hydrogen (secondary N) is 2. The Morgan fingerprint density at radius 2 is 1.83 bits per heavy atom. The molecule has 1 amide bonds. The van der Waals surface area contributed by atoms with E-state index in [9.17, 15) is 23.1 Å². The van der Waals surface area contributed by atoms with Crippen LogP contribution >= 0.6 is 22.6 Å². The number of aryl methyl sites for hydroxylation is 2. The van der Waals surface area contributed by atoms with Crippen LogP contribution in [0.15, 0.2) is 48.5 Å². The molecule has 0 bridgehead atoms. The van der Waals surface area contributed by atoms with Crippen molar-refractivity contribution in [1.29, 1.82) is 0 Å². The summed E-state index contributed by atoms with van der Waals surface area (Å²) in [5.74, 6) is -1.17. The van der Waals surface area contributed by atoms with Gasteiger partial charge in [0.1, 0.15) is 5.75 Å². The maximum absolute atomic E-state index is 13.5. The number of aromatic nitrogens is 2. The highest BCUT2D eigenvalue weighted by molar-refractivity contribution is 14.1. The third kappa shape index (κ3) is 5.94. The second-order valence-electron chi connectivity index (χ2n) is 10.2. The van der Waals surface area contributed by atoms with Gasteiger partial charge >= 0.3 is 6.18 Å². The van der Waals surface area contributed by atoms with Gasteiger partial charge in [-0.1, -0.05) is 12.1 Å². The Morgan fingerprint density at radius 1 is 1.15 bits per heavy atom. The Balaban J connectivity index is 1.55. The molecule has 2 heterocycles. The summed E-state index contributed by atoms with van der Waals surface area (Å²) in [6.45, 7) is 2.72. The predicted octanol–water partition coefficient (Wildman–Crippen LogP) is 6.43. The van der Waals surface area contributed by atoms with E-state index in [2.05, 4.69) is 33.2 Å². The van der Waals surface area contributed by atoms with Crippen LogP contribution in [0.1, 0.15) is 34.3 Å². The molecular formula is C29H30F3IN6O2. The first-order valence-electron chi connectivity index (χ1n) is 13.1. The second kappa shape index (κ2) is 11.4. The van der Waals surface area contributed by atoms with E-state index >= 15 is 0 Å². The number of halogens is 4. The quantitative estimate of drug-likeness (QED) is 0.139. The van der Waals surface area contributed by atoms with E-state index < -0.39 is 18.0 Å². The number of hydrogen-bond donors (Lipinski definition) is 4. The van der Waals surface area contributed by atoms with Gasteiger partial charge in [-0.05, 0) is 89.9 Å². The lowest BCUT2D eigenvalue weighted by Crippen LogP contribution is -2.39. The van der Waals surface area contributed by atoms with Crippen LogP contribution < -0.4 is 21.3 Å². The normalized spacial score (nSPS) is 14.5. The Morgan fingerprint density at radius 3 is 2.46 bits per heavy atom. The van der Waals surface area contributed by atoms with E-state index in [1.807, 2.05) is 41.6 Å². The molecule has 12 heteroatoms. The molecule has 1 saturated heterocycles. The van der Waals surface area contributed by atoms with Crippen molar-refractivity contribution in [2.24, 2.45) is 18.7 Å². The largest absolute Gasteiger partial charge is 0.508 e. The highest BCUT2D eigenvalue weighted by Crippen LogP contribution is 2.38. The minimum atomic E-state index is -4.24. The van der Waals surface area contributed by atoms with Crippen molar-refractivity contribution in [3.8, 4) is 5.75 Å². The molecule has 216 valence electrons. The summed E-state index contributed by atoms with van der Waals surface area (Å²) in [7, 11) is 1.85. The standard InChI is InChI=1S/C29H30F3IN6O2/c1-16-3-4-17(15-34)25(33)26(16)37-28-36-22-13-21(27(41)35-19-5-7-20(40)8-6-19)23(14-24(22)38(28)2)39-11-9-18(10-12-39)29(30,31)32/h3-8,13-14,18,40H,9-12,15,34H2,1-2H3,(H,35,41)(H,36,37). The van der Waals surface area contributed by atoms with Crippen LogP contribution in [-0.4, -0.2) is 39.8 Å². The van der Waals surface area contributed by atoms with Crippen molar-refractivity contribution in [2.75, 3.05) is 28.6 Å². The molecule has 8 nitrogen and oxygen atoms in total. The monoisotopic (exact) mass is 678 g/mol. The van der Waals surface area contributed by atoms with E-state index in [0.717, 1.165) is 25.9 Å². The fourth-order valence-electron chi connectivity index (χ4n) is 5.11. The Kier molecular flexibility index (Phi) is 8.06. The molecule has 0 aliphatic carbocycles. The molecule has 0 spiro atoms. The van der Waals surface area contributed by atoms with Gasteiger partial charge in [0, 0.05) is 35.9 Å². The van der Waals surface area contributed by atoms with Crippen LogP contribution in [0.3, 0.4) is 0 Å². The first-order chi connectivity index (χ1) is 19.5. The van der Waals surface area contributed by atoms with Crippen LogP contribution in [0.4, 0.5) is 36.2 Å². The van der Waals surface area contributed by atoms with Gasteiger partial charge in [-0.25, -0.2) is 4.98 Å². The van der Waals surface area contributed by atoms with Crippen molar-refractivity contribution >= 4 is 62.5 Å². The zero-order valence-corrected chi connectivity index (χ0v) is 24.7. The van der Waals surface area contributed by atoms with E-state index in [1.54, 1.807) is 18.2 Å². The number of phenolic OH excluding ortho intramolecular Hbond substituents is 1. The summed E-state index contributed by atoms with van der Waals surface area (Å²) < 4.78 is 43.0. The molecule has 1 fully saturated rings. The number of phenols is 1. The SMILES string of the molecule is Cc1ccc(CN)c(I)c1Nc1nc2cc(C(=O)Nc3ccc(O)cc3)c(N3CCC(C(F)(F)F)CC3)cc2n1C. The number of alkyl halides is 3. The third-order valence-electron chi connectivity index (χ3n) is 7.55. The lowest BCUT2D eigenvalue weighted by molar-refractivity contribution is -0.179. The average molecular weight is 678 g/mol. The fourth-order valence-corrected chi connectivity index (χ4v) is 6.07. The number of nitrogens with zero attached hydrogens (tertiary/aromatic N) is 3. The number of aromatic hydroxyl groups is 1. The molecule has 5 N–H and O–H groups in total. The number of anilines is 4. The molecule has 4 aromatic rings.